The standard InChI is InChI=1S/C13H16N4O4/c1-7(2)15-13(19)6-14-10-5-9-8(4-12(18)16-9)3-11(10)17(20)21/h3,5,7,14H,4,6H2,1-2H3,(H,15,19)(H,16,18). The van der Waals surface area contributed by atoms with Crippen LogP contribution in [-0.4, -0.2) is 29.3 Å². The first kappa shape index (κ1) is 14.8. The Balaban J connectivity index is 2.18. The van der Waals surface area contributed by atoms with Crippen LogP contribution in [0.25, 0.3) is 0 Å². The Hall–Kier alpha value is -2.64. The molecule has 0 aliphatic carbocycles. The number of rotatable bonds is 5. The zero-order chi connectivity index (χ0) is 15.6. The van der Waals surface area contributed by atoms with Crippen LogP contribution in [0.2, 0.25) is 0 Å². The van der Waals surface area contributed by atoms with Crippen LogP contribution >= 0.6 is 0 Å². The topological polar surface area (TPSA) is 113 Å². The van der Waals surface area contributed by atoms with Crippen molar-refractivity contribution in [3.05, 3.63) is 27.8 Å². The van der Waals surface area contributed by atoms with E-state index in [1.54, 1.807) is 0 Å². The van der Waals surface area contributed by atoms with Gasteiger partial charge in [-0.1, -0.05) is 0 Å². The molecule has 21 heavy (non-hydrogen) atoms. The normalized spacial score (nSPS) is 12.8. The number of nitrogens with one attached hydrogen (secondary N) is 3. The molecule has 0 atom stereocenters. The van der Waals surface area contributed by atoms with Crippen molar-refractivity contribution in [1.82, 2.24) is 5.32 Å². The predicted molar refractivity (Wildman–Crippen MR) is 77.2 cm³/mol. The number of benzene rings is 1. The minimum absolute atomic E-state index is 0.00593. The maximum absolute atomic E-state index is 11.6. The van der Waals surface area contributed by atoms with Gasteiger partial charge in [0.15, 0.2) is 0 Å². The van der Waals surface area contributed by atoms with E-state index in [-0.39, 0.29) is 42.2 Å². The molecule has 112 valence electrons. The molecule has 0 radical (unpaired) electrons. The largest absolute Gasteiger partial charge is 0.370 e. The van der Waals surface area contributed by atoms with Crippen molar-refractivity contribution in [3.8, 4) is 0 Å². The van der Waals surface area contributed by atoms with Crippen LogP contribution < -0.4 is 16.0 Å². The zero-order valence-electron chi connectivity index (χ0n) is 11.7. The lowest BCUT2D eigenvalue weighted by Gasteiger charge is -2.11. The maximum Gasteiger partial charge on any atom is 0.292 e. The monoisotopic (exact) mass is 292 g/mol. The van der Waals surface area contributed by atoms with Gasteiger partial charge in [-0.05, 0) is 25.5 Å². The molecule has 1 heterocycles. The van der Waals surface area contributed by atoms with Crippen molar-refractivity contribution in [1.29, 1.82) is 0 Å². The van der Waals surface area contributed by atoms with Crippen LogP contribution in [0, 0.1) is 10.1 Å². The summed E-state index contributed by atoms with van der Waals surface area (Å²) in [6.45, 7) is 3.57. The van der Waals surface area contributed by atoms with Crippen LogP contribution in [-0.2, 0) is 16.0 Å². The second-order valence-electron chi connectivity index (χ2n) is 5.08. The van der Waals surface area contributed by atoms with Crippen LogP contribution in [0.3, 0.4) is 0 Å². The van der Waals surface area contributed by atoms with E-state index in [4.69, 9.17) is 0 Å². The molecule has 2 rings (SSSR count). The predicted octanol–water partition coefficient (Wildman–Crippen LogP) is 1.03. The second-order valence-corrected chi connectivity index (χ2v) is 5.08. The van der Waals surface area contributed by atoms with Crippen LogP contribution in [0.5, 0.6) is 0 Å². The molecule has 8 heteroatoms. The summed E-state index contributed by atoms with van der Waals surface area (Å²) in [6.07, 6.45) is 0.129. The van der Waals surface area contributed by atoms with E-state index in [0.717, 1.165) is 0 Å². The van der Waals surface area contributed by atoms with Crippen LogP contribution in [0.4, 0.5) is 17.1 Å². The maximum atomic E-state index is 11.6. The van der Waals surface area contributed by atoms with Crippen molar-refractivity contribution >= 4 is 28.9 Å². The molecule has 0 fully saturated rings. The number of carbonyl (C=O) groups excluding carboxylic acids is 2. The molecule has 1 aromatic carbocycles. The third-order valence-electron chi connectivity index (χ3n) is 2.93. The lowest BCUT2D eigenvalue weighted by molar-refractivity contribution is -0.384. The van der Waals surface area contributed by atoms with E-state index in [0.29, 0.717) is 11.3 Å². The smallest absolute Gasteiger partial charge is 0.292 e. The Bertz CT molecular complexity index is 612. The summed E-state index contributed by atoms with van der Waals surface area (Å²) in [4.78, 5) is 33.4. The zero-order valence-corrected chi connectivity index (χ0v) is 11.7. The summed E-state index contributed by atoms with van der Waals surface area (Å²) in [5.74, 6) is -0.460. The summed E-state index contributed by atoms with van der Waals surface area (Å²) in [7, 11) is 0. The van der Waals surface area contributed by atoms with Gasteiger partial charge in [0, 0.05) is 17.8 Å². The van der Waals surface area contributed by atoms with Crippen molar-refractivity contribution in [2.75, 3.05) is 17.2 Å². The van der Waals surface area contributed by atoms with Gasteiger partial charge in [-0.2, -0.15) is 0 Å². The van der Waals surface area contributed by atoms with Crippen molar-refractivity contribution in [3.63, 3.8) is 0 Å². The molecule has 0 saturated carbocycles. The minimum Gasteiger partial charge on any atom is -0.370 e. The summed E-state index contributed by atoms with van der Waals surface area (Å²) in [6, 6.07) is 2.84. The molecule has 0 bridgehead atoms. The van der Waals surface area contributed by atoms with E-state index in [9.17, 15) is 19.7 Å². The molecule has 0 saturated heterocycles. The van der Waals surface area contributed by atoms with Gasteiger partial charge in [0.1, 0.15) is 5.69 Å². The number of amides is 2. The van der Waals surface area contributed by atoms with Crippen molar-refractivity contribution in [2.24, 2.45) is 0 Å². The number of hydrogen-bond donors (Lipinski definition) is 3. The first-order valence-corrected chi connectivity index (χ1v) is 6.51. The van der Waals surface area contributed by atoms with E-state index in [1.807, 2.05) is 13.8 Å². The number of nitro benzene ring substituents is 1. The van der Waals surface area contributed by atoms with Crippen molar-refractivity contribution < 1.29 is 14.5 Å². The van der Waals surface area contributed by atoms with E-state index in [2.05, 4.69) is 16.0 Å². The Morgan fingerprint density at radius 3 is 2.81 bits per heavy atom. The van der Waals surface area contributed by atoms with Gasteiger partial charge in [-0.25, -0.2) is 0 Å². The number of nitrogens with zero attached hydrogens (tertiary/aromatic N) is 1. The second kappa shape index (κ2) is 5.78. The highest BCUT2D eigenvalue weighted by Crippen LogP contribution is 2.34. The molecule has 1 aliphatic rings. The Labute approximate surface area is 121 Å². The third kappa shape index (κ3) is 3.47. The number of hydrogen-bond acceptors (Lipinski definition) is 5. The Morgan fingerprint density at radius 1 is 1.48 bits per heavy atom. The fourth-order valence-corrected chi connectivity index (χ4v) is 2.10. The molecular weight excluding hydrogens is 276 g/mol. The average Bonchev–Trinajstić information content (AvgIpc) is 2.73. The summed E-state index contributed by atoms with van der Waals surface area (Å²) < 4.78 is 0. The molecule has 1 aromatic rings. The lowest BCUT2D eigenvalue weighted by atomic mass is 10.1. The quantitative estimate of drug-likeness (QED) is 0.554. The molecule has 0 unspecified atom stereocenters. The highest BCUT2D eigenvalue weighted by Gasteiger charge is 2.24. The summed E-state index contributed by atoms with van der Waals surface area (Å²) in [5, 5.41) is 19.1. The van der Waals surface area contributed by atoms with E-state index >= 15 is 0 Å². The molecule has 8 nitrogen and oxygen atoms in total. The van der Waals surface area contributed by atoms with Gasteiger partial charge in [0.2, 0.25) is 11.8 Å². The van der Waals surface area contributed by atoms with Gasteiger partial charge in [-0.15, -0.1) is 0 Å². The molecule has 0 spiro atoms. The Kier molecular flexibility index (Phi) is 4.06. The fourth-order valence-electron chi connectivity index (χ4n) is 2.10. The van der Waals surface area contributed by atoms with Gasteiger partial charge in [0.25, 0.3) is 5.69 Å². The van der Waals surface area contributed by atoms with E-state index < -0.39 is 4.92 Å². The van der Waals surface area contributed by atoms with Gasteiger partial charge in [-0.3, -0.25) is 19.7 Å². The lowest BCUT2D eigenvalue weighted by Crippen LogP contribution is -2.34. The number of anilines is 2. The summed E-state index contributed by atoms with van der Waals surface area (Å²) in [5.41, 5.74) is 1.18. The van der Waals surface area contributed by atoms with Crippen LogP contribution in [0.15, 0.2) is 12.1 Å². The molecule has 2 amide bonds. The minimum atomic E-state index is -0.536. The molecular formula is C13H16N4O4. The first-order chi connectivity index (χ1) is 9.86. The van der Waals surface area contributed by atoms with Gasteiger partial charge < -0.3 is 16.0 Å². The van der Waals surface area contributed by atoms with Gasteiger partial charge in [0.05, 0.1) is 17.9 Å². The average molecular weight is 292 g/mol. The van der Waals surface area contributed by atoms with Gasteiger partial charge >= 0.3 is 0 Å². The molecule has 3 N–H and O–H groups in total. The fraction of sp³-hybridized carbons (Fsp3) is 0.385. The highest BCUT2D eigenvalue weighted by atomic mass is 16.6. The third-order valence-corrected chi connectivity index (χ3v) is 2.93. The number of nitro groups is 1. The Morgan fingerprint density at radius 2 is 2.19 bits per heavy atom. The number of fused-ring (bicyclic) bond motifs is 1. The van der Waals surface area contributed by atoms with E-state index in [1.165, 1.54) is 12.1 Å². The first-order valence-electron chi connectivity index (χ1n) is 6.51. The van der Waals surface area contributed by atoms with Crippen LogP contribution in [0.1, 0.15) is 19.4 Å². The highest BCUT2D eigenvalue weighted by molar-refractivity contribution is 6.00. The molecule has 1 aliphatic heterocycles. The van der Waals surface area contributed by atoms with Crippen molar-refractivity contribution in [2.45, 2.75) is 26.3 Å². The SMILES string of the molecule is CC(C)NC(=O)CNc1cc2c(cc1[N+](=O)[O-])CC(=O)N2. The summed E-state index contributed by atoms with van der Waals surface area (Å²) >= 11 is 0. The number of carbonyl (C=O) groups is 2. The molecule has 0 aromatic heterocycles.